The SMILES string of the molecule is c1ccc(-c2ccc(N(c3ccc(-n4c5ccccc5c5c(-c6cccc7c6oc6ccccc67)c6c(cc54)oc4ccccc46)cc3)c3ccccc3-c3ccccc3)cc2)cc1. The molecular weight excluding hydrogens is 781 g/mol. The zero-order valence-electron chi connectivity index (χ0n) is 34.7. The first-order valence-corrected chi connectivity index (χ1v) is 21.8. The Morgan fingerprint density at radius 1 is 0.344 bits per heavy atom. The molecule has 0 saturated carbocycles. The molecule has 0 bridgehead atoms. The summed E-state index contributed by atoms with van der Waals surface area (Å²) in [7, 11) is 0. The largest absolute Gasteiger partial charge is 0.456 e. The van der Waals surface area contributed by atoms with Gasteiger partial charge in [-0.05, 0) is 77.4 Å². The average molecular weight is 819 g/mol. The zero-order valence-corrected chi connectivity index (χ0v) is 34.7. The van der Waals surface area contributed by atoms with Gasteiger partial charge in [-0.15, -0.1) is 0 Å². The molecule has 3 aromatic heterocycles. The number of anilines is 3. The van der Waals surface area contributed by atoms with Gasteiger partial charge in [0.15, 0.2) is 0 Å². The highest BCUT2D eigenvalue weighted by molar-refractivity contribution is 6.29. The third kappa shape index (κ3) is 5.63. The summed E-state index contributed by atoms with van der Waals surface area (Å²) in [6, 6.07) is 82.0. The van der Waals surface area contributed by atoms with Gasteiger partial charge >= 0.3 is 0 Å². The van der Waals surface area contributed by atoms with Crippen LogP contribution in [0.4, 0.5) is 17.1 Å². The van der Waals surface area contributed by atoms with E-state index in [1.165, 1.54) is 11.1 Å². The second-order valence-corrected chi connectivity index (χ2v) is 16.4. The fourth-order valence-corrected chi connectivity index (χ4v) is 9.97. The molecular formula is C60H38N2O2. The maximum atomic E-state index is 6.76. The molecule has 3 heterocycles. The Bertz CT molecular complexity index is 3880. The molecule has 0 aliphatic rings. The van der Waals surface area contributed by atoms with Gasteiger partial charge in [0.1, 0.15) is 22.3 Å². The van der Waals surface area contributed by atoms with Gasteiger partial charge in [0.2, 0.25) is 0 Å². The monoisotopic (exact) mass is 818 g/mol. The molecule has 0 N–H and O–H groups in total. The lowest BCUT2D eigenvalue weighted by Gasteiger charge is -2.28. The molecule has 0 aliphatic heterocycles. The number of fused-ring (bicyclic) bond motifs is 9. The standard InChI is InChI=1S/C60H38N2O2/c1-3-16-39(17-4-1)40-30-32-42(33-31-40)61(51-26-11-7-20-45(51)41-18-5-2-6-19-41)43-34-36-44(37-35-43)62-52-27-12-8-22-48(52)57-53(62)38-56-58(49-23-10-14-29-55(49)63-56)59(57)50-25-15-24-47-46-21-9-13-28-54(46)64-60(47)50/h1-38H. The van der Waals surface area contributed by atoms with Crippen molar-refractivity contribution >= 4 is 82.7 Å². The van der Waals surface area contributed by atoms with Gasteiger partial charge in [-0.1, -0.05) is 164 Å². The summed E-state index contributed by atoms with van der Waals surface area (Å²) in [6.45, 7) is 0. The van der Waals surface area contributed by atoms with Gasteiger partial charge in [0, 0.05) is 72.1 Å². The molecule has 4 nitrogen and oxygen atoms in total. The number of aromatic nitrogens is 1. The maximum absolute atomic E-state index is 6.76. The molecule has 0 radical (unpaired) electrons. The molecule has 0 amide bonds. The molecule has 0 fully saturated rings. The minimum absolute atomic E-state index is 0.833. The summed E-state index contributed by atoms with van der Waals surface area (Å²) in [5.74, 6) is 0. The normalized spacial score (nSPS) is 11.8. The van der Waals surface area contributed by atoms with E-state index >= 15 is 0 Å². The van der Waals surface area contributed by atoms with E-state index in [1.54, 1.807) is 0 Å². The van der Waals surface area contributed by atoms with Crippen molar-refractivity contribution in [2.45, 2.75) is 0 Å². The smallest absolute Gasteiger partial charge is 0.143 e. The second-order valence-electron chi connectivity index (χ2n) is 16.4. The minimum atomic E-state index is 0.833. The molecule has 64 heavy (non-hydrogen) atoms. The van der Waals surface area contributed by atoms with Crippen LogP contribution in [0.5, 0.6) is 0 Å². The molecule has 0 aliphatic carbocycles. The lowest BCUT2D eigenvalue weighted by atomic mass is 9.93. The van der Waals surface area contributed by atoms with E-state index in [4.69, 9.17) is 8.83 Å². The third-order valence-electron chi connectivity index (χ3n) is 12.8. The second kappa shape index (κ2) is 14.5. The van der Waals surface area contributed by atoms with Crippen molar-refractivity contribution in [2.24, 2.45) is 0 Å². The van der Waals surface area contributed by atoms with Crippen molar-refractivity contribution in [1.82, 2.24) is 4.57 Å². The topological polar surface area (TPSA) is 34.5 Å². The van der Waals surface area contributed by atoms with E-state index in [0.29, 0.717) is 0 Å². The van der Waals surface area contributed by atoms with E-state index in [0.717, 1.165) is 111 Å². The Kier molecular flexibility index (Phi) is 8.18. The Labute approximate surface area is 369 Å². The Balaban J connectivity index is 1.03. The number of nitrogens with zero attached hydrogens (tertiary/aromatic N) is 2. The van der Waals surface area contributed by atoms with E-state index < -0.39 is 0 Å². The van der Waals surface area contributed by atoms with Crippen molar-refractivity contribution in [2.75, 3.05) is 4.90 Å². The van der Waals surface area contributed by atoms with Crippen LogP contribution in [-0.2, 0) is 0 Å². The lowest BCUT2D eigenvalue weighted by molar-refractivity contribution is 0.669. The lowest BCUT2D eigenvalue weighted by Crippen LogP contribution is -2.11. The van der Waals surface area contributed by atoms with Crippen molar-refractivity contribution in [3.63, 3.8) is 0 Å². The molecule has 0 spiro atoms. The first-order chi connectivity index (χ1) is 31.8. The summed E-state index contributed by atoms with van der Waals surface area (Å²) in [4.78, 5) is 2.37. The van der Waals surface area contributed by atoms with Crippen molar-refractivity contribution in [3.05, 3.63) is 231 Å². The fourth-order valence-electron chi connectivity index (χ4n) is 9.97. The van der Waals surface area contributed by atoms with Crippen LogP contribution in [-0.4, -0.2) is 4.57 Å². The zero-order chi connectivity index (χ0) is 42.1. The van der Waals surface area contributed by atoms with Gasteiger partial charge in [0.05, 0.1) is 16.7 Å². The average Bonchev–Trinajstić information content (AvgIpc) is 4.04. The van der Waals surface area contributed by atoms with Crippen LogP contribution < -0.4 is 4.90 Å². The summed E-state index contributed by atoms with van der Waals surface area (Å²) in [6.07, 6.45) is 0. The van der Waals surface area contributed by atoms with Crippen LogP contribution in [0.3, 0.4) is 0 Å². The number of hydrogen-bond acceptors (Lipinski definition) is 3. The van der Waals surface area contributed by atoms with E-state index in [-0.39, 0.29) is 0 Å². The fraction of sp³-hybridized carbons (Fsp3) is 0. The van der Waals surface area contributed by atoms with Crippen LogP contribution in [0.25, 0.3) is 105 Å². The Hall–Kier alpha value is -8.60. The Morgan fingerprint density at radius 3 is 1.67 bits per heavy atom. The summed E-state index contributed by atoms with van der Waals surface area (Å²) < 4.78 is 15.9. The minimum Gasteiger partial charge on any atom is -0.456 e. The van der Waals surface area contributed by atoms with Crippen LogP contribution in [0, 0.1) is 0 Å². The van der Waals surface area contributed by atoms with Crippen LogP contribution in [0.2, 0.25) is 0 Å². The number of para-hydroxylation sites is 5. The van der Waals surface area contributed by atoms with Crippen LogP contribution in [0.1, 0.15) is 0 Å². The maximum Gasteiger partial charge on any atom is 0.143 e. The molecule has 0 saturated heterocycles. The van der Waals surface area contributed by atoms with Crippen LogP contribution in [0.15, 0.2) is 239 Å². The molecule has 13 rings (SSSR count). The number of hydrogen-bond donors (Lipinski definition) is 0. The third-order valence-corrected chi connectivity index (χ3v) is 12.8. The molecule has 13 aromatic rings. The summed E-state index contributed by atoms with van der Waals surface area (Å²) >= 11 is 0. The summed E-state index contributed by atoms with van der Waals surface area (Å²) in [5.41, 5.74) is 16.7. The number of furan rings is 2. The first kappa shape index (κ1) is 36.1. The quantitative estimate of drug-likeness (QED) is 0.161. The highest BCUT2D eigenvalue weighted by atomic mass is 16.3. The van der Waals surface area contributed by atoms with Gasteiger partial charge in [-0.3, -0.25) is 0 Å². The van der Waals surface area contributed by atoms with Gasteiger partial charge < -0.3 is 18.3 Å². The predicted molar refractivity (Wildman–Crippen MR) is 266 cm³/mol. The highest BCUT2D eigenvalue weighted by Crippen LogP contribution is 2.49. The molecule has 4 heteroatoms. The number of benzene rings is 10. The highest BCUT2D eigenvalue weighted by Gasteiger charge is 2.25. The number of rotatable bonds is 7. The summed E-state index contributed by atoms with van der Waals surface area (Å²) in [5, 5.41) is 6.68. The van der Waals surface area contributed by atoms with Gasteiger partial charge in [0.25, 0.3) is 0 Å². The van der Waals surface area contributed by atoms with Gasteiger partial charge in [-0.25, -0.2) is 0 Å². The predicted octanol–water partition coefficient (Wildman–Crippen LogP) is 17.1. The van der Waals surface area contributed by atoms with Gasteiger partial charge in [-0.2, -0.15) is 0 Å². The molecule has 0 atom stereocenters. The van der Waals surface area contributed by atoms with E-state index in [9.17, 15) is 0 Å². The first-order valence-electron chi connectivity index (χ1n) is 21.8. The van der Waals surface area contributed by atoms with E-state index in [1.807, 2.05) is 12.1 Å². The van der Waals surface area contributed by atoms with Crippen LogP contribution >= 0.6 is 0 Å². The van der Waals surface area contributed by atoms with E-state index in [2.05, 4.69) is 228 Å². The van der Waals surface area contributed by atoms with Crippen molar-refractivity contribution in [1.29, 1.82) is 0 Å². The van der Waals surface area contributed by atoms with Crippen molar-refractivity contribution in [3.8, 4) is 39.1 Å². The molecule has 300 valence electrons. The molecule has 10 aromatic carbocycles. The van der Waals surface area contributed by atoms with Crippen molar-refractivity contribution < 1.29 is 8.83 Å². The molecule has 0 unspecified atom stereocenters. The Morgan fingerprint density at radius 2 is 0.906 bits per heavy atom.